The number of benzene rings is 1. The monoisotopic (exact) mass is 276 g/mol. The standard InChI is InChI=1S/C16H24N2S/c1-11(2)14-6-4-5-7-15(14)18-16(19)17-13-9-8-12(3)10-13/h4-7,11-13H,8-10H2,1-3H3,(H2,17,18,19). The highest BCUT2D eigenvalue weighted by Crippen LogP contribution is 2.26. The molecular weight excluding hydrogens is 252 g/mol. The maximum Gasteiger partial charge on any atom is 0.171 e. The van der Waals surface area contributed by atoms with Gasteiger partial charge in [-0.2, -0.15) is 0 Å². The highest BCUT2D eigenvalue weighted by Gasteiger charge is 2.21. The lowest BCUT2D eigenvalue weighted by atomic mass is 10.0. The summed E-state index contributed by atoms with van der Waals surface area (Å²) in [5.41, 5.74) is 2.44. The van der Waals surface area contributed by atoms with Crippen molar-refractivity contribution in [3.63, 3.8) is 0 Å². The van der Waals surface area contributed by atoms with E-state index in [0.29, 0.717) is 12.0 Å². The van der Waals surface area contributed by atoms with Crippen LogP contribution in [0, 0.1) is 5.92 Å². The molecule has 0 heterocycles. The molecule has 19 heavy (non-hydrogen) atoms. The molecule has 0 bridgehead atoms. The van der Waals surface area contributed by atoms with Crippen molar-refractivity contribution in [2.75, 3.05) is 5.32 Å². The topological polar surface area (TPSA) is 24.1 Å². The molecule has 2 atom stereocenters. The van der Waals surface area contributed by atoms with E-state index in [1.807, 2.05) is 0 Å². The molecule has 1 aliphatic carbocycles. The Bertz CT molecular complexity index is 442. The summed E-state index contributed by atoms with van der Waals surface area (Å²) >= 11 is 5.44. The minimum atomic E-state index is 0.498. The number of rotatable bonds is 3. The van der Waals surface area contributed by atoms with Crippen LogP contribution >= 0.6 is 12.2 Å². The summed E-state index contributed by atoms with van der Waals surface area (Å²) in [4.78, 5) is 0. The molecule has 1 aromatic carbocycles. The van der Waals surface area contributed by atoms with Crippen molar-refractivity contribution in [2.45, 2.75) is 52.0 Å². The fraction of sp³-hybridized carbons (Fsp3) is 0.562. The van der Waals surface area contributed by atoms with Gasteiger partial charge in [0.15, 0.2) is 5.11 Å². The van der Waals surface area contributed by atoms with Gasteiger partial charge in [0.25, 0.3) is 0 Å². The molecule has 1 saturated carbocycles. The van der Waals surface area contributed by atoms with Gasteiger partial charge >= 0.3 is 0 Å². The normalized spacial score (nSPS) is 22.5. The van der Waals surface area contributed by atoms with E-state index in [4.69, 9.17) is 12.2 Å². The molecule has 1 aromatic rings. The highest BCUT2D eigenvalue weighted by atomic mass is 32.1. The smallest absolute Gasteiger partial charge is 0.171 e. The number of anilines is 1. The number of hydrogen-bond donors (Lipinski definition) is 2. The van der Waals surface area contributed by atoms with Crippen LogP contribution in [-0.4, -0.2) is 11.2 Å². The molecule has 2 rings (SSSR count). The van der Waals surface area contributed by atoms with E-state index in [9.17, 15) is 0 Å². The van der Waals surface area contributed by atoms with Crippen LogP contribution < -0.4 is 10.6 Å². The summed E-state index contributed by atoms with van der Waals surface area (Å²) in [5.74, 6) is 1.32. The molecule has 0 aromatic heterocycles. The molecule has 1 aliphatic rings. The minimum absolute atomic E-state index is 0.498. The third-order valence-corrected chi connectivity index (χ3v) is 4.08. The SMILES string of the molecule is CC1CCC(NC(=S)Nc2ccccc2C(C)C)C1. The Balaban J connectivity index is 1.95. The zero-order valence-electron chi connectivity index (χ0n) is 12.1. The van der Waals surface area contributed by atoms with Crippen molar-refractivity contribution in [1.29, 1.82) is 0 Å². The summed E-state index contributed by atoms with van der Waals surface area (Å²) in [6.45, 7) is 6.72. The average Bonchev–Trinajstić information content (AvgIpc) is 2.75. The molecule has 0 aliphatic heterocycles. The second-order valence-corrected chi connectivity index (χ2v) is 6.36. The minimum Gasteiger partial charge on any atom is -0.360 e. The van der Waals surface area contributed by atoms with Crippen LogP contribution in [0.5, 0.6) is 0 Å². The second kappa shape index (κ2) is 6.38. The first kappa shape index (κ1) is 14.3. The molecule has 0 saturated heterocycles. The van der Waals surface area contributed by atoms with Crippen molar-refractivity contribution in [2.24, 2.45) is 5.92 Å². The van der Waals surface area contributed by atoms with Crippen molar-refractivity contribution >= 4 is 23.0 Å². The van der Waals surface area contributed by atoms with E-state index in [1.165, 1.54) is 24.8 Å². The largest absolute Gasteiger partial charge is 0.360 e. The Morgan fingerprint density at radius 3 is 2.63 bits per heavy atom. The Labute approximate surface area is 122 Å². The van der Waals surface area contributed by atoms with Crippen LogP contribution in [0.25, 0.3) is 0 Å². The van der Waals surface area contributed by atoms with E-state index in [2.05, 4.69) is 55.7 Å². The van der Waals surface area contributed by atoms with E-state index in [0.717, 1.165) is 16.7 Å². The summed E-state index contributed by atoms with van der Waals surface area (Å²) in [6, 6.07) is 8.93. The summed E-state index contributed by atoms with van der Waals surface area (Å²) in [6.07, 6.45) is 3.77. The third-order valence-electron chi connectivity index (χ3n) is 3.86. The van der Waals surface area contributed by atoms with E-state index in [1.54, 1.807) is 0 Å². The lowest BCUT2D eigenvalue weighted by Crippen LogP contribution is -2.36. The van der Waals surface area contributed by atoms with Gasteiger partial charge in [-0.3, -0.25) is 0 Å². The van der Waals surface area contributed by atoms with Crippen LogP contribution in [0.15, 0.2) is 24.3 Å². The number of hydrogen-bond acceptors (Lipinski definition) is 1. The average molecular weight is 276 g/mol. The van der Waals surface area contributed by atoms with Crippen LogP contribution in [0.4, 0.5) is 5.69 Å². The van der Waals surface area contributed by atoms with Gasteiger partial charge in [-0.1, -0.05) is 39.0 Å². The molecule has 1 fully saturated rings. The third kappa shape index (κ3) is 3.93. The van der Waals surface area contributed by atoms with Gasteiger partial charge < -0.3 is 10.6 Å². The number of thiocarbonyl (C=S) groups is 1. The van der Waals surface area contributed by atoms with Gasteiger partial charge in [-0.05, 0) is 54.9 Å². The van der Waals surface area contributed by atoms with Gasteiger partial charge in [-0.25, -0.2) is 0 Å². The Morgan fingerprint density at radius 1 is 1.26 bits per heavy atom. The molecular formula is C16H24N2S. The number of para-hydroxylation sites is 1. The van der Waals surface area contributed by atoms with E-state index in [-0.39, 0.29) is 0 Å². The first-order valence-electron chi connectivity index (χ1n) is 7.22. The van der Waals surface area contributed by atoms with Gasteiger partial charge in [0.05, 0.1) is 0 Å². The lowest BCUT2D eigenvalue weighted by Gasteiger charge is -2.19. The maximum atomic E-state index is 5.44. The summed E-state index contributed by atoms with van der Waals surface area (Å²) < 4.78 is 0. The molecule has 0 spiro atoms. The molecule has 3 heteroatoms. The van der Waals surface area contributed by atoms with Gasteiger partial charge in [0.2, 0.25) is 0 Å². The molecule has 2 nitrogen and oxygen atoms in total. The molecule has 2 unspecified atom stereocenters. The quantitative estimate of drug-likeness (QED) is 0.806. The predicted molar refractivity (Wildman–Crippen MR) is 86.7 cm³/mol. The van der Waals surface area contributed by atoms with Crippen LogP contribution in [0.1, 0.15) is 51.5 Å². The fourth-order valence-corrected chi connectivity index (χ4v) is 3.07. The van der Waals surface area contributed by atoms with Crippen molar-refractivity contribution in [3.8, 4) is 0 Å². The first-order chi connectivity index (χ1) is 9.06. The Hall–Kier alpha value is -1.09. The van der Waals surface area contributed by atoms with Gasteiger partial charge in [-0.15, -0.1) is 0 Å². The lowest BCUT2D eigenvalue weighted by molar-refractivity contribution is 0.572. The van der Waals surface area contributed by atoms with Crippen LogP contribution in [-0.2, 0) is 0 Å². The first-order valence-corrected chi connectivity index (χ1v) is 7.63. The van der Waals surface area contributed by atoms with E-state index < -0.39 is 0 Å². The summed E-state index contributed by atoms with van der Waals surface area (Å²) in [5, 5.41) is 7.55. The fourth-order valence-electron chi connectivity index (χ4n) is 2.80. The molecule has 104 valence electrons. The molecule has 2 N–H and O–H groups in total. The zero-order chi connectivity index (χ0) is 13.8. The Morgan fingerprint density at radius 2 is 2.00 bits per heavy atom. The molecule has 0 amide bonds. The number of nitrogens with one attached hydrogen (secondary N) is 2. The maximum absolute atomic E-state index is 5.44. The highest BCUT2D eigenvalue weighted by molar-refractivity contribution is 7.80. The van der Waals surface area contributed by atoms with Gasteiger partial charge in [0, 0.05) is 11.7 Å². The zero-order valence-corrected chi connectivity index (χ0v) is 12.9. The van der Waals surface area contributed by atoms with Crippen molar-refractivity contribution < 1.29 is 0 Å². The molecule has 0 radical (unpaired) electrons. The predicted octanol–water partition coefficient (Wildman–Crippen LogP) is 4.29. The van der Waals surface area contributed by atoms with Crippen molar-refractivity contribution in [1.82, 2.24) is 5.32 Å². The second-order valence-electron chi connectivity index (χ2n) is 5.96. The van der Waals surface area contributed by atoms with Crippen LogP contribution in [0.3, 0.4) is 0 Å². The van der Waals surface area contributed by atoms with Crippen LogP contribution in [0.2, 0.25) is 0 Å². The van der Waals surface area contributed by atoms with Gasteiger partial charge in [0.1, 0.15) is 0 Å². The van der Waals surface area contributed by atoms with Crippen molar-refractivity contribution in [3.05, 3.63) is 29.8 Å². The Kier molecular flexibility index (Phi) is 4.81. The summed E-state index contributed by atoms with van der Waals surface area (Å²) in [7, 11) is 0. The van der Waals surface area contributed by atoms with E-state index >= 15 is 0 Å².